The van der Waals surface area contributed by atoms with Crippen LogP contribution < -0.4 is 15.4 Å². The molecule has 10 heteroatoms. The third-order valence-corrected chi connectivity index (χ3v) is 5.30. The van der Waals surface area contributed by atoms with Gasteiger partial charge in [0, 0.05) is 13.1 Å². The fourth-order valence-electron chi connectivity index (χ4n) is 3.53. The molecular weight excluding hydrogens is 445 g/mol. The number of methoxy groups -OCH3 is 1. The average molecular weight is 470 g/mol. The summed E-state index contributed by atoms with van der Waals surface area (Å²) < 4.78 is 45.6. The van der Waals surface area contributed by atoms with E-state index in [2.05, 4.69) is 25.6 Å². The fraction of sp³-hybridized carbons (Fsp3) is 0.292. The molecule has 0 saturated heterocycles. The molecule has 2 aromatic heterocycles. The van der Waals surface area contributed by atoms with Gasteiger partial charge in [-0.25, -0.2) is 4.98 Å². The Morgan fingerprint density at radius 3 is 2.29 bits per heavy atom. The van der Waals surface area contributed by atoms with Crippen molar-refractivity contribution in [1.29, 1.82) is 0 Å². The van der Waals surface area contributed by atoms with E-state index in [0.717, 1.165) is 29.9 Å². The molecule has 2 N–H and O–H groups in total. The quantitative estimate of drug-likeness (QED) is 0.359. The third-order valence-electron chi connectivity index (χ3n) is 5.30. The largest absolute Gasteiger partial charge is 0.497 e. The summed E-state index contributed by atoms with van der Waals surface area (Å²) in [5, 5.41) is 6.47. The Bertz CT molecular complexity index is 1240. The molecule has 2 heterocycles. The predicted molar refractivity (Wildman–Crippen MR) is 125 cm³/mol. The molecule has 0 spiro atoms. The van der Waals surface area contributed by atoms with Crippen molar-refractivity contribution in [3.8, 4) is 5.75 Å². The first-order valence-corrected chi connectivity index (χ1v) is 10.9. The van der Waals surface area contributed by atoms with Crippen LogP contribution in [0.1, 0.15) is 23.6 Å². The lowest BCUT2D eigenvalue weighted by Gasteiger charge is -2.11. The summed E-state index contributed by atoms with van der Waals surface area (Å²) in [7, 11) is 1.63. The van der Waals surface area contributed by atoms with Gasteiger partial charge in [0.15, 0.2) is 17.0 Å². The predicted octanol–water partition coefficient (Wildman–Crippen LogP) is 4.99. The van der Waals surface area contributed by atoms with Crippen LogP contribution in [-0.2, 0) is 19.1 Å². The number of aromatic nitrogens is 4. The molecule has 0 atom stereocenters. The molecule has 0 radical (unpaired) electrons. The van der Waals surface area contributed by atoms with Gasteiger partial charge in [-0.2, -0.15) is 23.1 Å². The van der Waals surface area contributed by atoms with E-state index >= 15 is 0 Å². The number of nitrogens with one attached hydrogen (secondary N) is 2. The molecule has 0 aliphatic heterocycles. The first-order chi connectivity index (χ1) is 16.4. The van der Waals surface area contributed by atoms with Gasteiger partial charge in [0.05, 0.1) is 25.5 Å². The Labute approximate surface area is 195 Å². The first kappa shape index (κ1) is 23.3. The van der Waals surface area contributed by atoms with Crippen LogP contribution in [0.2, 0.25) is 0 Å². The standard InChI is InChI=1S/C24H25F3N6O/c1-3-28-23-31-21(29-13-12-16-6-10-19(34-2)11-7-16)20-22(32-23)33(15-30-20)14-17-4-8-18(9-5-17)24(25,26)27/h4-11,15H,3,12-14H2,1-2H3,(H2,28,29,31,32). The van der Waals surface area contributed by atoms with Crippen molar-refractivity contribution in [2.75, 3.05) is 30.8 Å². The van der Waals surface area contributed by atoms with Crippen molar-refractivity contribution < 1.29 is 17.9 Å². The SMILES string of the molecule is CCNc1nc(NCCc2ccc(OC)cc2)c2ncn(Cc3ccc(C(F)(F)F)cc3)c2n1. The highest BCUT2D eigenvalue weighted by Crippen LogP contribution is 2.29. The number of imidazole rings is 1. The van der Waals surface area contributed by atoms with Crippen LogP contribution in [0.3, 0.4) is 0 Å². The highest BCUT2D eigenvalue weighted by atomic mass is 19.4. The summed E-state index contributed by atoms with van der Waals surface area (Å²) in [6, 6.07) is 13.0. The normalized spacial score (nSPS) is 11.6. The second kappa shape index (κ2) is 9.98. The minimum absolute atomic E-state index is 0.336. The van der Waals surface area contributed by atoms with E-state index in [-0.39, 0.29) is 0 Å². The molecular formula is C24H25F3N6O. The average Bonchev–Trinajstić information content (AvgIpc) is 3.22. The van der Waals surface area contributed by atoms with Crippen LogP contribution >= 0.6 is 0 Å². The molecule has 0 amide bonds. The number of hydrogen-bond donors (Lipinski definition) is 2. The Kier molecular flexibility index (Phi) is 6.85. The summed E-state index contributed by atoms with van der Waals surface area (Å²) in [4.78, 5) is 13.6. The molecule has 7 nitrogen and oxygen atoms in total. The number of ether oxygens (including phenoxy) is 1. The van der Waals surface area contributed by atoms with Crippen molar-refractivity contribution in [2.24, 2.45) is 0 Å². The summed E-state index contributed by atoms with van der Waals surface area (Å²) in [5.74, 6) is 1.86. The van der Waals surface area contributed by atoms with Crippen LogP contribution in [0.15, 0.2) is 54.9 Å². The van der Waals surface area contributed by atoms with Gasteiger partial charge in [-0.1, -0.05) is 24.3 Å². The van der Waals surface area contributed by atoms with Gasteiger partial charge in [0.2, 0.25) is 5.95 Å². The van der Waals surface area contributed by atoms with E-state index in [1.165, 1.54) is 12.1 Å². The Hall–Kier alpha value is -3.82. The number of alkyl halides is 3. The lowest BCUT2D eigenvalue weighted by atomic mass is 10.1. The van der Waals surface area contributed by atoms with Crippen LogP contribution in [-0.4, -0.2) is 39.7 Å². The van der Waals surface area contributed by atoms with E-state index in [0.29, 0.717) is 48.1 Å². The zero-order valence-corrected chi connectivity index (χ0v) is 18.9. The minimum Gasteiger partial charge on any atom is -0.497 e. The Morgan fingerprint density at radius 1 is 0.941 bits per heavy atom. The van der Waals surface area contributed by atoms with Gasteiger partial charge in [-0.3, -0.25) is 0 Å². The number of fused-ring (bicyclic) bond motifs is 1. The van der Waals surface area contributed by atoms with Gasteiger partial charge >= 0.3 is 6.18 Å². The van der Waals surface area contributed by atoms with Crippen molar-refractivity contribution in [3.63, 3.8) is 0 Å². The maximum absolute atomic E-state index is 12.9. The topological polar surface area (TPSA) is 76.9 Å². The third kappa shape index (κ3) is 5.38. The number of benzene rings is 2. The maximum Gasteiger partial charge on any atom is 0.416 e. The number of rotatable bonds is 9. The van der Waals surface area contributed by atoms with Gasteiger partial charge < -0.3 is 19.9 Å². The maximum atomic E-state index is 12.9. The molecule has 4 rings (SSSR count). The molecule has 2 aromatic carbocycles. The Balaban J connectivity index is 1.54. The smallest absolute Gasteiger partial charge is 0.416 e. The fourth-order valence-corrected chi connectivity index (χ4v) is 3.53. The molecule has 0 aliphatic rings. The van der Waals surface area contributed by atoms with Gasteiger partial charge in [-0.05, 0) is 48.7 Å². The number of anilines is 2. The van der Waals surface area contributed by atoms with Crippen molar-refractivity contribution >= 4 is 22.9 Å². The first-order valence-electron chi connectivity index (χ1n) is 10.9. The van der Waals surface area contributed by atoms with Crippen molar-refractivity contribution in [3.05, 3.63) is 71.5 Å². The van der Waals surface area contributed by atoms with Crippen molar-refractivity contribution in [2.45, 2.75) is 26.1 Å². The lowest BCUT2D eigenvalue weighted by Crippen LogP contribution is -2.11. The number of halogens is 3. The van der Waals surface area contributed by atoms with E-state index in [1.54, 1.807) is 18.0 Å². The molecule has 4 aromatic rings. The zero-order valence-electron chi connectivity index (χ0n) is 18.9. The minimum atomic E-state index is -4.36. The molecule has 178 valence electrons. The number of hydrogen-bond acceptors (Lipinski definition) is 6. The van der Waals surface area contributed by atoms with Crippen LogP contribution in [0, 0.1) is 0 Å². The molecule has 0 bridgehead atoms. The van der Waals surface area contributed by atoms with Gasteiger partial charge in [0.1, 0.15) is 5.75 Å². The summed E-state index contributed by atoms with van der Waals surface area (Å²) in [6.07, 6.45) is -1.96. The van der Waals surface area contributed by atoms with E-state index in [1.807, 2.05) is 31.2 Å². The molecule has 34 heavy (non-hydrogen) atoms. The second-order valence-electron chi connectivity index (χ2n) is 7.69. The van der Waals surface area contributed by atoms with E-state index in [4.69, 9.17) is 4.74 Å². The highest BCUT2D eigenvalue weighted by molar-refractivity contribution is 5.84. The lowest BCUT2D eigenvalue weighted by molar-refractivity contribution is -0.137. The summed E-state index contributed by atoms with van der Waals surface area (Å²) in [5.41, 5.74) is 2.39. The molecule has 0 aliphatic carbocycles. The van der Waals surface area contributed by atoms with Crippen LogP contribution in [0.4, 0.5) is 24.9 Å². The van der Waals surface area contributed by atoms with Gasteiger partial charge in [-0.15, -0.1) is 0 Å². The highest BCUT2D eigenvalue weighted by Gasteiger charge is 2.29. The zero-order chi connectivity index (χ0) is 24.1. The monoisotopic (exact) mass is 470 g/mol. The molecule has 0 fully saturated rings. The summed E-state index contributed by atoms with van der Waals surface area (Å²) >= 11 is 0. The van der Waals surface area contributed by atoms with Crippen LogP contribution in [0.25, 0.3) is 11.2 Å². The van der Waals surface area contributed by atoms with E-state index in [9.17, 15) is 13.2 Å². The number of nitrogens with zero attached hydrogens (tertiary/aromatic N) is 4. The molecule has 0 saturated carbocycles. The van der Waals surface area contributed by atoms with Crippen molar-refractivity contribution in [1.82, 2.24) is 19.5 Å². The van der Waals surface area contributed by atoms with Gasteiger partial charge in [0.25, 0.3) is 0 Å². The second-order valence-corrected chi connectivity index (χ2v) is 7.69. The molecule has 0 unspecified atom stereocenters. The van der Waals surface area contributed by atoms with E-state index < -0.39 is 11.7 Å². The Morgan fingerprint density at radius 2 is 1.65 bits per heavy atom. The van der Waals surface area contributed by atoms with Crippen LogP contribution in [0.5, 0.6) is 5.75 Å². The summed E-state index contributed by atoms with van der Waals surface area (Å²) in [6.45, 7) is 3.56.